The van der Waals surface area contributed by atoms with E-state index in [2.05, 4.69) is 23.8 Å². The molecule has 128 valence electrons. The Kier molecular flexibility index (Phi) is 4.07. The molecule has 1 unspecified atom stereocenters. The van der Waals surface area contributed by atoms with Gasteiger partial charge in [-0.05, 0) is 30.4 Å². The zero-order valence-corrected chi connectivity index (χ0v) is 15.4. The van der Waals surface area contributed by atoms with Crippen LogP contribution in [0, 0.1) is 5.41 Å². The maximum Gasteiger partial charge on any atom is 0.244 e. The molecule has 0 radical (unpaired) electrons. The van der Waals surface area contributed by atoms with E-state index >= 15 is 0 Å². The predicted octanol–water partition coefficient (Wildman–Crippen LogP) is 4.62. The number of ether oxygens (including phenoxy) is 1. The molecule has 0 spiro atoms. The SMILES string of the molecule is COc1ncnc2c1N=C1CC(C)(C)CC(=Nc3ccccc3)C1S2. The van der Waals surface area contributed by atoms with Crippen LogP contribution >= 0.6 is 11.8 Å². The van der Waals surface area contributed by atoms with E-state index in [4.69, 9.17) is 14.7 Å². The zero-order valence-electron chi connectivity index (χ0n) is 14.6. The molecule has 2 heterocycles. The molecular weight excluding hydrogens is 332 g/mol. The van der Waals surface area contributed by atoms with Gasteiger partial charge in [-0.2, -0.15) is 4.98 Å². The minimum absolute atomic E-state index is 0.129. The molecule has 1 aromatic carbocycles. The van der Waals surface area contributed by atoms with Gasteiger partial charge in [0.15, 0.2) is 5.69 Å². The van der Waals surface area contributed by atoms with Gasteiger partial charge in [-0.3, -0.25) is 4.99 Å². The minimum atomic E-state index is 0.129. The lowest BCUT2D eigenvalue weighted by molar-refractivity contribution is 0.388. The fraction of sp³-hybridized carbons (Fsp3) is 0.368. The molecular formula is C19H20N4OS. The summed E-state index contributed by atoms with van der Waals surface area (Å²) < 4.78 is 5.37. The van der Waals surface area contributed by atoms with Crippen molar-refractivity contribution in [2.75, 3.05) is 7.11 Å². The van der Waals surface area contributed by atoms with Crippen molar-refractivity contribution >= 4 is 34.6 Å². The van der Waals surface area contributed by atoms with Gasteiger partial charge < -0.3 is 4.74 Å². The summed E-state index contributed by atoms with van der Waals surface area (Å²) in [6.45, 7) is 4.54. The van der Waals surface area contributed by atoms with Crippen LogP contribution in [0.5, 0.6) is 5.88 Å². The fourth-order valence-electron chi connectivity index (χ4n) is 3.36. The van der Waals surface area contributed by atoms with Crippen LogP contribution < -0.4 is 4.74 Å². The summed E-state index contributed by atoms with van der Waals surface area (Å²) >= 11 is 1.71. The maximum absolute atomic E-state index is 5.37. The van der Waals surface area contributed by atoms with Crippen molar-refractivity contribution in [1.82, 2.24) is 9.97 Å². The summed E-state index contributed by atoms with van der Waals surface area (Å²) in [5.41, 5.74) is 4.16. The van der Waals surface area contributed by atoms with Crippen LogP contribution in [0.25, 0.3) is 0 Å². The van der Waals surface area contributed by atoms with Crippen molar-refractivity contribution < 1.29 is 4.74 Å². The second-order valence-corrected chi connectivity index (χ2v) is 8.19. The highest BCUT2D eigenvalue weighted by atomic mass is 32.2. The van der Waals surface area contributed by atoms with Crippen molar-refractivity contribution in [3.8, 4) is 5.88 Å². The number of methoxy groups -OCH3 is 1. The Bertz CT molecular complexity index is 861. The van der Waals surface area contributed by atoms with Crippen LogP contribution in [0.2, 0.25) is 0 Å². The van der Waals surface area contributed by atoms with Gasteiger partial charge in [-0.15, -0.1) is 0 Å². The van der Waals surface area contributed by atoms with Crippen LogP contribution in [-0.2, 0) is 0 Å². The highest BCUT2D eigenvalue weighted by Gasteiger charge is 2.40. The molecule has 1 fully saturated rings. The molecule has 0 bridgehead atoms. The summed E-state index contributed by atoms with van der Waals surface area (Å²) in [7, 11) is 1.62. The molecule has 0 N–H and O–H groups in total. The molecule has 1 aliphatic carbocycles. The van der Waals surface area contributed by atoms with Gasteiger partial charge in [0.05, 0.1) is 18.0 Å². The molecule has 6 heteroatoms. The first-order valence-electron chi connectivity index (χ1n) is 8.31. The number of hydrogen-bond donors (Lipinski definition) is 0. The topological polar surface area (TPSA) is 59.7 Å². The van der Waals surface area contributed by atoms with Crippen LogP contribution in [0.1, 0.15) is 26.7 Å². The second-order valence-electron chi connectivity index (χ2n) is 7.09. The number of hydrogen-bond acceptors (Lipinski definition) is 6. The molecule has 1 aromatic heterocycles. The third-order valence-electron chi connectivity index (χ3n) is 4.39. The number of rotatable bonds is 2. The van der Waals surface area contributed by atoms with Crippen molar-refractivity contribution in [2.45, 2.75) is 37.0 Å². The van der Waals surface area contributed by atoms with Gasteiger partial charge in [0, 0.05) is 11.4 Å². The minimum Gasteiger partial charge on any atom is -0.479 e. The van der Waals surface area contributed by atoms with Crippen molar-refractivity contribution in [3.63, 3.8) is 0 Å². The molecule has 1 aliphatic heterocycles. The van der Waals surface area contributed by atoms with E-state index in [0.717, 1.165) is 40.7 Å². The summed E-state index contributed by atoms with van der Waals surface area (Å²) in [4.78, 5) is 18.4. The van der Waals surface area contributed by atoms with Crippen LogP contribution in [-0.4, -0.2) is 33.8 Å². The quantitative estimate of drug-likeness (QED) is 0.740. The first-order valence-corrected chi connectivity index (χ1v) is 9.19. The van der Waals surface area contributed by atoms with Gasteiger partial charge in [0.25, 0.3) is 0 Å². The summed E-state index contributed by atoms with van der Waals surface area (Å²) in [6.07, 6.45) is 3.43. The molecule has 25 heavy (non-hydrogen) atoms. The number of nitrogens with zero attached hydrogens (tertiary/aromatic N) is 4. The van der Waals surface area contributed by atoms with E-state index in [1.807, 2.05) is 30.3 Å². The van der Waals surface area contributed by atoms with E-state index in [0.29, 0.717) is 5.88 Å². The Morgan fingerprint density at radius 2 is 1.96 bits per heavy atom. The number of benzene rings is 1. The molecule has 0 saturated heterocycles. The standard InChI is InChI=1S/C19H20N4OS/c1-19(2)9-13(22-12-7-5-4-6-8-12)16-14(10-19)23-15-17(24-3)20-11-21-18(15)25-16/h4-8,11,16H,9-10H2,1-3H3. The predicted molar refractivity (Wildman–Crippen MR) is 102 cm³/mol. The first kappa shape index (κ1) is 16.3. The number of aliphatic imine (C=N–C) groups is 2. The van der Waals surface area contributed by atoms with Crippen LogP contribution in [0.4, 0.5) is 11.4 Å². The lowest BCUT2D eigenvalue weighted by Gasteiger charge is -2.38. The average molecular weight is 352 g/mol. The monoisotopic (exact) mass is 352 g/mol. The van der Waals surface area contributed by atoms with Crippen LogP contribution in [0.3, 0.4) is 0 Å². The average Bonchev–Trinajstić information content (AvgIpc) is 2.60. The van der Waals surface area contributed by atoms with Crippen molar-refractivity contribution in [1.29, 1.82) is 0 Å². The molecule has 1 atom stereocenters. The Hall–Kier alpha value is -2.21. The van der Waals surface area contributed by atoms with Crippen molar-refractivity contribution in [3.05, 3.63) is 36.7 Å². The highest BCUT2D eigenvalue weighted by molar-refractivity contribution is 8.01. The molecule has 0 amide bonds. The Labute approximate surface area is 151 Å². The summed E-state index contributed by atoms with van der Waals surface area (Å²) in [6, 6.07) is 10.1. The second kappa shape index (κ2) is 6.26. The lowest BCUT2D eigenvalue weighted by atomic mass is 9.75. The first-order chi connectivity index (χ1) is 12.1. The number of thioether (sulfide) groups is 1. The van der Waals surface area contributed by atoms with E-state index in [1.165, 1.54) is 6.33 Å². The van der Waals surface area contributed by atoms with Crippen molar-refractivity contribution in [2.24, 2.45) is 15.4 Å². The zero-order chi connectivity index (χ0) is 17.4. The summed E-state index contributed by atoms with van der Waals surface area (Å²) in [5.74, 6) is 0.536. The summed E-state index contributed by atoms with van der Waals surface area (Å²) in [5, 5.41) is 1.00. The molecule has 2 aliphatic rings. The van der Waals surface area contributed by atoms with Gasteiger partial charge >= 0.3 is 0 Å². The largest absolute Gasteiger partial charge is 0.479 e. The fourth-order valence-corrected chi connectivity index (χ4v) is 4.48. The van der Waals surface area contributed by atoms with Gasteiger partial charge in [-0.25, -0.2) is 9.98 Å². The highest BCUT2D eigenvalue weighted by Crippen LogP contribution is 2.47. The van der Waals surface area contributed by atoms with E-state index < -0.39 is 0 Å². The maximum atomic E-state index is 5.37. The normalized spacial score (nSPS) is 22.8. The molecule has 1 saturated carbocycles. The smallest absolute Gasteiger partial charge is 0.244 e. The Balaban J connectivity index is 1.79. The van der Waals surface area contributed by atoms with E-state index in [9.17, 15) is 0 Å². The Morgan fingerprint density at radius 1 is 1.16 bits per heavy atom. The third-order valence-corrected chi connectivity index (χ3v) is 5.69. The van der Waals surface area contributed by atoms with Crippen LogP contribution in [0.15, 0.2) is 51.7 Å². The van der Waals surface area contributed by atoms with E-state index in [1.54, 1.807) is 18.9 Å². The van der Waals surface area contributed by atoms with Gasteiger partial charge in [0.2, 0.25) is 5.88 Å². The van der Waals surface area contributed by atoms with Gasteiger partial charge in [0.1, 0.15) is 11.4 Å². The number of aromatic nitrogens is 2. The van der Waals surface area contributed by atoms with Gasteiger partial charge in [-0.1, -0.05) is 43.8 Å². The van der Waals surface area contributed by atoms with E-state index in [-0.39, 0.29) is 10.7 Å². The third kappa shape index (κ3) is 3.18. The molecule has 5 nitrogen and oxygen atoms in total. The number of fused-ring (bicyclic) bond motifs is 2. The lowest BCUT2D eigenvalue weighted by Crippen LogP contribution is -2.40. The molecule has 2 aromatic rings. The number of para-hydroxylation sites is 1. The molecule has 4 rings (SSSR count). The Morgan fingerprint density at radius 3 is 2.72 bits per heavy atom.